The highest BCUT2D eigenvalue weighted by atomic mass is 79.9. The van der Waals surface area contributed by atoms with Crippen molar-refractivity contribution < 1.29 is 26.7 Å². The first-order valence-corrected chi connectivity index (χ1v) is 9.23. The van der Waals surface area contributed by atoms with E-state index in [1.807, 2.05) is 13.8 Å². The van der Waals surface area contributed by atoms with Gasteiger partial charge >= 0.3 is 12.3 Å². The Morgan fingerprint density at radius 1 is 1.22 bits per heavy atom. The van der Waals surface area contributed by atoms with Crippen LogP contribution >= 0.6 is 15.9 Å². The number of halogens is 6. The van der Waals surface area contributed by atoms with Gasteiger partial charge in [0.2, 0.25) is 0 Å². The number of alkyl halides is 3. The monoisotopic (exact) mass is 455 g/mol. The van der Waals surface area contributed by atoms with Gasteiger partial charge in [-0.25, -0.2) is 9.37 Å². The molecule has 0 amide bonds. The highest BCUT2D eigenvalue weighted by molar-refractivity contribution is 9.10. The van der Waals surface area contributed by atoms with Crippen molar-refractivity contribution in [3.05, 3.63) is 33.7 Å². The zero-order valence-electron chi connectivity index (χ0n) is 14.9. The summed E-state index contributed by atoms with van der Waals surface area (Å²) >= 11 is 2.59. The lowest BCUT2D eigenvalue weighted by Gasteiger charge is -2.22. The Morgan fingerprint density at radius 3 is 2.52 bits per heavy atom. The molecule has 1 N–H and O–H groups in total. The van der Waals surface area contributed by atoms with Crippen LogP contribution in [0.3, 0.4) is 0 Å². The largest absolute Gasteiger partial charge is 0.417 e. The number of nitrogens with zero attached hydrogens (tertiary/aromatic N) is 2. The molecule has 4 nitrogen and oxygen atoms in total. The number of benzene rings is 1. The highest BCUT2D eigenvalue weighted by Gasteiger charge is 2.37. The van der Waals surface area contributed by atoms with Gasteiger partial charge in [0.25, 0.3) is 0 Å². The summed E-state index contributed by atoms with van der Waals surface area (Å²) in [5.41, 5.74) is -1.72. The molecule has 1 aromatic heterocycles. The Morgan fingerprint density at radius 2 is 1.89 bits per heavy atom. The van der Waals surface area contributed by atoms with Gasteiger partial charge in [0.1, 0.15) is 5.52 Å². The zero-order chi connectivity index (χ0) is 20.4. The Labute approximate surface area is 161 Å². The van der Waals surface area contributed by atoms with Crippen LogP contribution in [0.4, 0.5) is 22.0 Å². The molecule has 1 saturated heterocycles. The van der Waals surface area contributed by atoms with Crippen molar-refractivity contribution in [2.75, 3.05) is 19.8 Å². The van der Waals surface area contributed by atoms with Crippen LogP contribution in [0.25, 0.3) is 10.9 Å². The number of nitrogens with one attached hydrogen (secondary N) is 1. The van der Waals surface area contributed by atoms with Crippen molar-refractivity contribution >= 4 is 26.8 Å². The van der Waals surface area contributed by atoms with E-state index in [1.165, 1.54) is 0 Å². The van der Waals surface area contributed by atoms with Gasteiger partial charge in [-0.1, -0.05) is 13.8 Å². The molecule has 1 aromatic carbocycles. The van der Waals surface area contributed by atoms with Crippen molar-refractivity contribution in [1.29, 1.82) is 0 Å². The fraction of sp³-hybridized carbons (Fsp3) is 0.529. The maximum atomic E-state index is 14.4. The van der Waals surface area contributed by atoms with Crippen molar-refractivity contribution in [3.63, 3.8) is 0 Å². The molecule has 1 fully saturated rings. The van der Waals surface area contributed by atoms with Crippen LogP contribution in [0.15, 0.2) is 10.5 Å². The molecule has 27 heavy (non-hydrogen) atoms. The van der Waals surface area contributed by atoms with Gasteiger partial charge in [0.15, 0.2) is 5.82 Å². The molecule has 3 rings (SSSR count). The fourth-order valence-corrected chi connectivity index (χ4v) is 3.39. The molecule has 2 aromatic rings. The Hall–Kier alpha value is -1.39. The average molecular weight is 456 g/mol. The summed E-state index contributed by atoms with van der Waals surface area (Å²) in [5.74, 6) is -1.83. The van der Waals surface area contributed by atoms with Crippen molar-refractivity contribution in [2.45, 2.75) is 38.9 Å². The summed E-state index contributed by atoms with van der Waals surface area (Å²) in [6.45, 7) is 6.85. The van der Waals surface area contributed by atoms with Gasteiger partial charge < -0.3 is 10.1 Å². The van der Waals surface area contributed by atoms with E-state index in [0.29, 0.717) is 13.2 Å². The molecule has 2 atom stereocenters. The number of hydrogen-bond donors (Lipinski definition) is 1. The van der Waals surface area contributed by atoms with E-state index in [-0.39, 0.29) is 23.7 Å². The smallest absolute Gasteiger partial charge is 0.379 e. The lowest BCUT2D eigenvalue weighted by Crippen LogP contribution is -2.33. The summed E-state index contributed by atoms with van der Waals surface area (Å²) in [6.07, 6.45) is -5.99. The Balaban J connectivity index is 0.00000126. The maximum Gasteiger partial charge on any atom is 0.417 e. The van der Waals surface area contributed by atoms with Gasteiger partial charge in [0.05, 0.1) is 28.9 Å². The molecule has 0 aliphatic carbocycles. The molecule has 10 heteroatoms. The number of aromatic nitrogens is 2. The number of hydrogen-bond acceptors (Lipinski definition) is 4. The van der Waals surface area contributed by atoms with Crippen LogP contribution in [-0.4, -0.2) is 35.8 Å². The molecular formula is C17H19BrF5N3O. The first kappa shape index (κ1) is 21.9. The molecule has 0 bridgehead atoms. The van der Waals surface area contributed by atoms with Crippen LogP contribution in [-0.2, 0) is 10.9 Å². The summed E-state index contributed by atoms with van der Waals surface area (Å²) in [4.78, 5) is 7.02. The van der Waals surface area contributed by atoms with Crippen LogP contribution in [0.5, 0.6) is 0 Å². The average Bonchev–Trinajstić information content (AvgIpc) is 2.83. The van der Waals surface area contributed by atoms with Gasteiger partial charge in [-0.2, -0.15) is 22.5 Å². The summed E-state index contributed by atoms with van der Waals surface area (Å²) in [6, 6.07) is 0.496. The fourth-order valence-electron chi connectivity index (χ4n) is 2.86. The van der Waals surface area contributed by atoms with Crippen LogP contribution in [0.2, 0.25) is 0 Å². The molecule has 1 aliphatic heterocycles. The minimum atomic E-state index is -4.79. The van der Waals surface area contributed by atoms with Crippen molar-refractivity contribution in [1.82, 2.24) is 15.3 Å². The van der Waals surface area contributed by atoms with Crippen LogP contribution in [0, 0.1) is 11.9 Å². The Bertz CT molecular complexity index is 815. The first-order chi connectivity index (χ1) is 12.7. The second-order valence-electron chi connectivity index (χ2n) is 5.75. The minimum absolute atomic E-state index is 0.0127. The van der Waals surface area contributed by atoms with E-state index in [1.54, 1.807) is 6.92 Å². The molecule has 1 aliphatic rings. The third-order valence-electron chi connectivity index (χ3n) is 4.14. The molecule has 2 heterocycles. The Kier molecular flexibility index (Phi) is 7.09. The number of ether oxygens (including phenoxy) is 1. The lowest BCUT2D eigenvalue weighted by molar-refractivity contribution is -0.138. The molecular weight excluding hydrogens is 437 g/mol. The van der Waals surface area contributed by atoms with Gasteiger partial charge in [-0.3, -0.25) is 0 Å². The minimum Gasteiger partial charge on any atom is -0.379 e. The topological polar surface area (TPSA) is 47.0 Å². The van der Waals surface area contributed by atoms with Gasteiger partial charge in [0, 0.05) is 23.9 Å². The summed E-state index contributed by atoms with van der Waals surface area (Å²) < 4.78 is 72.5. The summed E-state index contributed by atoms with van der Waals surface area (Å²) in [5, 5.41) is 2.93. The maximum absolute atomic E-state index is 14.4. The van der Waals surface area contributed by atoms with E-state index >= 15 is 0 Å². The van der Waals surface area contributed by atoms with E-state index in [0.717, 1.165) is 6.07 Å². The third-order valence-corrected chi connectivity index (χ3v) is 4.92. The van der Waals surface area contributed by atoms with Crippen molar-refractivity contribution in [2.24, 2.45) is 0 Å². The number of rotatable bonds is 1. The second kappa shape index (κ2) is 8.74. The predicted octanol–water partition coefficient (Wildman–Crippen LogP) is 4.81. The second-order valence-corrected chi connectivity index (χ2v) is 6.54. The standard InChI is InChI=1S/C15H13BrF5N3O.C2H6/c1-6-8(5-25-3-2-22-6)12-7-4-9(15(19,20)21)10(16)11(17)13(7)24-14(18)23-12;1-2/h4,6,8,22H,2-3,5H2,1H3;1-2H3. The summed E-state index contributed by atoms with van der Waals surface area (Å²) in [7, 11) is 0. The quantitative estimate of drug-likeness (QED) is 0.495. The van der Waals surface area contributed by atoms with E-state index in [2.05, 4.69) is 31.2 Å². The van der Waals surface area contributed by atoms with E-state index < -0.39 is 39.5 Å². The molecule has 0 spiro atoms. The van der Waals surface area contributed by atoms with Gasteiger partial charge in [-0.15, -0.1) is 0 Å². The first-order valence-electron chi connectivity index (χ1n) is 8.43. The van der Waals surface area contributed by atoms with E-state index in [4.69, 9.17) is 4.74 Å². The lowest BCUT2D eigenvalue weighted by atomic mass is 9.94. The SMILES string of the molecule is CC.CC1NCCOCC1c1nc(F)nc2c(F)c(Br)c(C(F)(F)F)cc12. The predicted molar refractivity (Wildman–Crippen MR) is 94.5 cm³/mol. The molecule has 0 radical (unpaired) electrons. The zero-order valence-corrected chi connectivity index (χ0v) is 16.5. The third kappa shape index (κ3) is 4.55. The number of fused-ring (bicyclic) bond motifs is 1. The molecule has 0 saturated carbocycles. The molecule has 150 valence electrons. The van der Waals surface area contributed by atoms with Gasteiger partial charge in [-0.05, 0) is 28.9 Å². The van der Waals surface area contributed by atoms with Crippen molar-refractivity contribution in [3.8, 4) is 0 Å². The highest BCUT2D eigenvalue weighted by Crippen LogP contribution is 2.40. The van der Waals surface area contributed by atoms with Crippen LogP contribution < -0.4 is 5.32 Å². The molecule has 2 unspecified atom stereocenters. The van der Waals surface area contributed by atoms with Crippen LogP contribution in [0.1, 0.15) is 37.9 Å². The normalized spacial score (nSPS) is 20.8. The van der Waals surface area contributed by atoms with E-state index in [9.17, 15) is 22.0 Å².